The summed E-state index contributed by atoms with van der Waals surface area (Å²) in [7, 11) is 0. The zero-order chi connectivity index (χ0) is 21.6. The van der Waals surface area contributed by atoms with Gasteiger partial charge in [0, 0.05) is 27.0 Å². The number of nitrogens with zero attached hydrogens (tertiary/aromatic N) is 2. The highest BCUT2D eigenvalue weighted by Gasteiger charge is 2.13. The van der Waals surface area contributed by atoms with Crippen LogP contribution in [-0.4, -0.2) is 16.0 Å². The fourth-order valence-corrected chi connectivity index (χ4v) is 3.34. The predicted molar refractivity (Wildman–Crippen MR) is 127 cm³/mol. The first-order valence-electron chi connectivity index (χ1n) is 9.48. The molecule has 0 radical (unpaired) electrons. The Morgan fingerprint density at radius 3 is 2.61 bits per heavy atom. The van der Waals surface area contributed by atoms with E-state index in [0.717, 1.165) is 9.13 Å². The van der Waals surface area contributed by atoms with E-state index in [0.29, 0.717) is 40.3 Å². The van der Waals surface area contributed by atoms with E-state index >= 15 is 0 Å². The third-order valence-electron chi connectivity index (χ3n) is 4.32. The molecule has 1 aromatic heterocycles. The molecule has 3 aromatic carbocycles. The fraction of sp³-hybridized carbons (Fsp3) is 0.0870. The summed E-state index contributed by atoms with van der Waals surface area (Å²) in [4.78, 5) is 16.9. The summed E-state index contributed by atoms with van der Waals surface area (Å²) in [6.07, 6.45) is 0.490. The van der Waals surface area contributed by atoms with Crippen molar-refractivity contribution in [3.05, 3.63) is 87.3 Å². The number of rotatable bonds is 7. The maximum atomic E-state index is 12.5. The van der Waals surface area contributed by atoms with Crippen molar-refractivity contribution in [1.82, 2.24) is 10.1 Å². The Kier molecular flexibility index (Phi) is 6.83. The van der Waals surface area contributed by atoms with Gasteiger partial charge in [-0.15, -0.1) is 0 Å². The Hall–Kier alpha value is -2.91. The molecule has 4 aromatic rings. The topological polar surface area (TPSA) is 77.2 Å². The van der Waals surface area contributed by atoms with Gasteiger partial charge in [-0.2, -0.15) is 4.98 Å². The van der Waals surface area contributed by atoms with Crippen LogP contribution in [0.15, 0.2) is 77.3 Å². The number of nitrogens with one attached hydrogen (secondary N) is 1. The Morgan fingerprint density at radius 2 is 1.84 bits per heavy atom. The average Bonchev–Trinajstić information content (AvgIpc) is 3.25. The minimum absolute atomic E-state index is 0.172. The molecule has 1 N–H and O–H groups in total. The molecule has 0 atom stereocenters. The lowest BCUT2D eigenvalue weighted by atomic mass is 10.2. The second-order valence-electron chi connectivity index (χ2n) is 6.62. The van der Waals surface area contributed by atoms with Crippen LogP contribution in [0.3, 0.4) is 0 Å². The van der Waals surface area contributed by atoms with E-state index in [9.17, 15) is 4.79 Å². The molecular weight excluding hydrogens is 529 g/mol. The van der Waals surface area contributed by atoms with Gasteiger partial charge in [0.1, 0.15) is 5.75 Å². The number of anilines is 1. The van der Waals surface area contributed by atoms with Crippen molar-refractivity contribution in [3.8, 4) is 22.9 Å². The smallest absolute Gasteiger partial charge is 0.227 e. The molecule has 0 aliphatic carbocycles. The molecule has 0 bridgehead atoms. The highest BCUT2D eigenvalue weighted by Crippen LogP contribution is 2.32. The van der Waals surface area contributed by atoms with Crippen molar-refractivity contribution < 1.29 is 14.1 Å². The zero-order valence-corrected chi connectivity index (χ0v) is 19.1. The van der Waals surface area contributed by atoms with Crippen LogP contribution in [0, 0.1) is 3.57 Å². The third kappa shape index (κ3) is 5.83. The second-order valence-corrected chi connectivity index (χ2v) is 8.30. The van der Waals surface area contributed by atoms with Crippen molar-refractivity contribution in [1.29, 1.82) is 0 Å². The van der Waals surface area contributed by atoms with E-state index in [1.807, 2.05) is 54.6 Å². The molecule has 0 saturated heterocycles. The molecule has 0 aliphatic heterocycles. The van der Waals surface area contributed by atoms with E-state index in [1.165, 1.54) is 0 Å². The Balaban J connectivity index is 1.39. The minimum Gasteiger partial charge on any atom is -0.455 e. The molecule has 0 saturated carbocycles. The highest BCUT2D eigenvalue weighted by atomic mass is 127. The molecule has 1 amide bonds. The highest BCUT2D eigenvalue weighted by molar-refractivity contribution is 14.1. The summed E-state index contributed by atoms with van der Waals surface area (Å²) < 4.78 is 12.3. The molecule has 156 valence electrons. The first kappa shape index (κ1) is 21.3. The molecular formula is C23H17ClIN3O3. The summed E-state index contributed by atoms with van der Waals surface area (Å²) in [5.41, 5.74) is 1.35. The summed E-state index contributed by atoms with van der Waals surface area (Å²) in [5.74, 6) is 1.85. The number of carbonyl (C=O) groups is 1. The maximum Gasteiger partial charge on any atom is 0.227 e. The minimum atomic E-state index is -0.214. The summed E-state index contributed by atoms with van der Waals surface area (Å²) in [6.45, 7) is 0. The van der Waals surface area contributed by atoms with Crippen LogP contribution in [0.2, 0.25) is 5.02 Å². The van der Waals surface area contributed by atoms with Crippen LogP contribution >= 0.6 is 34.2 Å². The average molecular weight is 546 g/mol. The number of carbonyl (C=O) groups excluding carboxylic acids is 1. The van der Waals surface area contributed by atoms with E-state index in [4.69, 9.17) is 20.9 Å². The summed E-state index contributed by atoms with van der Waals surface area (Å²) >= 11 is 8.34. The Morgan fingerprint density at radius 1 is 1.06 bits per heavy atom. The number of ether oxygens (including phenoxy) is 1. The number of aryl methyl sites for hydroxylation is 1. The van der Waals surface area contributed by atoms with E-state index < -0.39 is 0 Å². The lowest BCUT2D eigenvalue weighted by molar-refractivity contribution is -0.116. The van der Waals surface area contributed by atoms with Gasteiger partial charge in [-0.1, -0.05) is 47.1 Å². The fourth-order valence-electron chi connectivity index (χ4n) is 2.81. The lowest BCUT2D eigenvalue weighted by Gasteiger charge is -2.12. The maximum absolute atomic E-state index is 12.5. The van der Waals surface area contributed by atoms with Gasteiger partial charge >= 0.3 is 0 Å². The van der Waals surface area contributed by atoms with Gasteiger partial charge < -0.3 is 14.6 Å². The molecule has 31 heavy (non-hydrogen) atoms. The third-order valence-corrected chi connectivity index (χ3v) is 5.28. The Bertz CT molecular complexity index is 1180. The quantitative estimate of drug-likeness (QED) is 0.274. The monoisotopic (exact) mass is 545 g/mol. The normalized spacial score (nSPS) is 10.6. The van der Waals surface area contributed by atoms with Crippen molar-refractivity contribution in [2.75, 3.05) is 5.32 Å². The van der Waals surface area contributed by atoms with E-state index in [2.05, 4.69) is 38.0 Å². The van der Waals surface area contributed by atoms with Crippen LogP contribution in [0.25, 0.3) is 11.4 Å². The van der Waals surface area contributed by atoms with Gasteiger partial charge in [0.15, 0.2) is 5.75 Å². The van der Waals surface area contributed by atoms with Gasteiger partial charge in [0.2, 0.25) is 17.6 Å². The molecule has 0 aliphatic rings. The first-order chi connectivity index (χ1) is 15.1. The van der Waals surface area contributed by atoms with Gasteiger partial charge in [-0.3, -0.25) is 4.79 Å². The van der Waals surface area contributed by atoms with E-state index in [1.54, 1.807) is 18.2 Å². The largest absolute Gasteiger partial charge is 0.455 e. The molecule has 6 nitrogen and oxygen atoms in total. The molecule has 0 fully saturated rings. The van der Waals surface area contributed by atoms with Gasteiger partial charge in [0.25, 0.3) is 0 Å². The zero-order valence-electron chi connectivity index (χ0n) is 16.2. The van der Waals surface area contributed by atoms with Gasteiger partial charge in [0.05, 0.1) is 5.69 Å². The molecule has 0 unspecified atom stereocenters. The van der Waals surface area contributed by atoms with Crippen molar-refractivity contribution in [2.24, 2.45) is 0 Å². The number of hydrogen-bond donors (Lipinski definition) is 1. The first-order valence-corrected chi connectivity index (χ1v) is 10.9. The SMILES string of the molecule is O=C(CCc1nc(-c2ccc(I)cc2)no1)Nc1cc(Cl)ccc1Oc1ccccc1. The number of amides is 1. The number of hydrogen-bond acceptors (Lipinski definition) is 5. The van der Waals surface area contributed by atoms with Crippen LogP contribution in [0.4, 0.5) is 5.69 Å². The van der Waals surface area contributed by atoms with Crippen LogP contribution in [0.5, 0.6) is 11.5 Å². The lowest BCUT2D eigenvalue weighted by Crippen LogP contribution is -2.13. The van der Waals surface area contributed by atoms with Gasteiger partial charge in [-0.25, -0.2) is 0 Å². The van der Waals surface area contributed by atoms with Crippen LogP contribution in [-0.2, 0) is 11.2 Å². The standard InChI is InChI=1S/C23H17ClIN3O3/c24-16-8-11-20(30-18-4-2-1-3-5-18)19(14-16)26-21(29)12-13-22-27-23(28-31-22)15-6-9-17(25)10-7-15/h1-11,14H,12-13H2,(H,26,29). The number of benzene rings is 3. The summed E-state index contributed by atoms with van der Waals surface area (Å²) in [5, 5.41) is 7.34. The molecule has 4 rings (SSSR count). The number of halogens is 2. The van der Waals surface area contributed by atoms with Crippen molar-refractivity contribution in [3.63, 3.8) is 0 Å². The molecule has 1 heterocycles. The Labute approximate surface area is 197 Å². The van der Waals surface area contributed by atoms with Crippen molar-refractivity contribution >= 4 is 45.8 Å². The van der Waals surface area contributed by atoms with Crippen molar-refractivity contribution in [2.45, 2.75) is 12.8 Å². The number of para-hydroxylation sites is 1. The van der Waals surface area contributed by atoms with Crippen LogP contribution in [0.1, 0.15) is 12.3 Å². The van der Waals surface area contributed by atoms with Gasteiger partial charge in [-0.05, 0) is 65.1 Å². The molecule has 0 spiro atoms. The molecule has 8 heteroatoms. The van der Waals surface area contributed by atoms with E-state index in [-0.39, 0.29) is 12.3 Å². The second kappa shape index (κ2) is 9.93. The number of aromatic nitrogens is 2. The van der Waals surface area contributed by atoms with Crippen LogP contribution < -0.4 is 10.1 Å². The predicted octanol–water partition coefficient (Wildman–Crippen LogP) is 6.36. The summed E-state index contributed by atoms with van der Waals surface area (Å²) in [6, 6.07) is 22.2.